The molecule has 0 spiro atoms. The number of carbonyl (C=O) groups excluding carboxylic acids is 1. The van der Waals surface area contributed by atoms with Gasteiger partial charge in [-0.2, -0.15) is 0 Å². The van der Waals surface area contributed by atoms with Crippen molar-refractivity contribution >= 4 is 5.91 Å². The molecule has 98 valence electrons. The third-order valence-electron chi connectivity index (χ3n) is 3.73. The first kappa shape index (κ1) is 12.9. The molecule has 1 aliphatic rings. The highest BCUT2D eigenvalue weighted by Gasteiger charge is 2.33. The number of likely N-dealkylation sites (tertiary alicyclic amines) is 1. The molecule has 4 heteroatoms. The molecule has 1 aromatic carbocycles. The summed E-state index contributed by atoms with van der Waals surface area (Å²) in [5.41, 5.74) is 0.639. The zero-order valence-corrected chi connectivity index (χ0v) is 10.8. The van der Waals surface area contributed by atoms with Gasteiger partial charge in [0.1, 0.15) is 5.75 Å². The third kappa shape index (κ3) is 2.34. The summed E-state index contributed by atoms with van der Waals surface area (Å²) in [6.07, 6.45) is 0.868. The summed E-state index contributed by atoms with van der Waals surface area (Å²) in [4.78, 5) is 14.2. The van der Waals surface area contributed by atoms with Crippen molar-refractivity contribution in [3.63, 3.8) is 0 Å². The number of hydrogen-bond donors (Lipinski definition) is 1. The molecule has 2 atom stereocenters. The van der Waals surface area contributed by atoms with Crippen LogP contribution in [0.3, 0.4) is 0 Å². The van der Waals surface area contributed by atoms with Gasteiger partial charge in [0.25, 0.3) is 5.91 Å². The maximum Gasteiger partial charge on any atom is 0.254 e. The van der Waals surface area contributed by atoms with Crippen molar-refractivity contribution in [1.29, 1.82) is 0 Å². The molecule has 1 heterocycles. The molecule has 0 radical (unpaired) electrons. The van der Waals surface area contributed by atoms with Crippen LogP contribution in [0.2, 0.25) is 0 Å². The van der Waals surface area contributed by atoms with Gasteiger partial charge in [-0.3, -0.25) is 4.79 Å². The van der Waals surface area contributed by atoms with Gasteiger partial charge in [-0.05, 0) is 31.5 Å². The molecule has 0 bridgehead atoms. The molecule has 4 nitrogen and oxygen atoms in total. The Balaban J connectivity index is 2.16. The molecule has 0 aliphatic carbocycles. The van der Waals surface area contributed by atoms with E-state index in [0.717, 1.165) is 6.42 Å². The number of ether oxygens (including phenoxy) is 1. The van der Waals surface area contributed by atoms with Gasteiger partial charge in [-0.1, -0.05) is 6.07 Å². The van der Waals surface area contributed by atoms with E-state index in [1.54, 1.807) is 19.2 Å². The fourth-order valence-corrected chi connectivity index (χ4v) is 2.46. The lowest BCUT2D eigenvalue weighted by molar-refractivity contribution is 0.0716. The quantitative estimate of drug-likeness (QED) is 0.884. The van der Waals surface area contributed by atoms with E-state index in [9.17, 15) is 9.90 Å². The van der Waals surface area contributed by atoms with Crippen LogP contribution in [0.4, 0.5) is 0 Å². The first-order valence-corrected chi connectivity index (χ1v) is 6.23. The van der Waals surface area contributed by atoms with E-state index in [1.807, 2.05) is 24.0 Å². The lowest BCUT2D eigenvalue weighted by Gasteiger charge is -2.24. The standard InChI is InChI=1S/C14H19NO3/c1-10-12(9-16)6-7-15(10)14(17)11-4-3-5-13(8-11)18-2/h3-5,8,10,12,16H,6-7,9H2,1-2H3/t10-,12-/m0/s1. The molecular weight excluding hydrogens is 230 g/mol. The summed E-state index contributed by atoms with van der Waals surface area (Å²) in [6.45, 7) is 2.84. The molecule has 1 aliphatic heterocycles. The average molecular weight is 249 g/mol. The van der Waals surface area contributed by atoms with E-state index >= 15 is 0 Å². The minimum Gasteiger partial charge on any atom is -0.497 e. The van der Waals surface area contributed by atoms with E-state index in [-0.39, 0.29) is 24.5 Å². The lowest BCUT2D eigenvalue weighted by Crippen LogP contribution is -2.36. The second-order valence-corrected chi connectivity index (χ2v) is 4.70. The highest BCUT2D eigenvalue weighted by molar-refractivity contribution is 5.95. The van der Waals surface area contributed by atoms with E-state index < -0.39 is 0 Å². The largest absolute Gasteiger partial charge is 0.497 e. The van der Waals surface area contributed by atoms with Gasteiger partial charge >= 0.3 is 0 Å². The number of aliphatic hydroxyl groups excluding tert-OH is 1. The van der Waals surface area contributed by atoms with Crippen molar-refractivity contribution in [3.8, 4) is 5.75 Å². The average Bonchev–Trinajstić information content (AvgIpc) is 2.79. The molecule has 0 aromatic heterocycles. The third-order valence-corrected chi connectivity index (χ3v) is 3.73. The number of hydrogen-bond acceptors (Lipinski definition) is 3. The first-order valence-electron chi connectivity index (χ1n) is 6.23. The Morgan fingerprint density at radius 2 is 2.33 bits per heavy atom. The van der Waals surface area contributed by atoms with Gasteiger partial charge < -0.3 is 14.7 Å². The summed E-state index contributed by atoms with van der Waals surface area (Å²) < 4.78 is 5.13. The summed E-state index contributed by atoms with van der Waals surface area (Å²) in [5, 5.41) is 9.23. The van der Waals surface area contributed by atoms with Crippen molar-refractivity contribution in [2.75, 3.05) is 20.3 Å². The number of rotatable bonds is 3. The van der Waals surface area contributed by atoms with Gasteiger partial charge in [-0.15, -0.1) is 0 Å². The summed E-state index contributed by atoms with van der Waals surface area (Å²) in [5.74, 6) is 0.892. The zero-order chi connectivity index (χ0) is 13.1. The number of nitrogens with zero attached hydrogens (tertiary/aromatic N) is 1. The van der Waals surface area contributed by atoms with Crippen LogP contribution < -0.4 is 4.74 Å². The van der Waals surface area contributed by atoms with Crippen LogP contribution in [0, 0.1) is 5.92 Å². The smallest absolute Gasteiger partial charge is 0.254 e. The predicted molar refractivity (Wildman–Crippen MR) is 68.7 cm³/mol. The van der Waals surface area contributed by atoms with Gasteiger partial charge in [0.15, 0.2) is 0 Å². The number of methoxy groups -OCH3 is 1. The van der Waals surface area contributed by atoms with Gasteiger partial charge in [0, 0.05) is 30.7 Å². The highest BCUT2D eigenvalue weighted by Crippen LogP contribution is 2.26. The lowest BCUT2D eigenvalue weighted by atomic mass is 10.0. The van der Waals surface area contributed by atoms with Crippen LogP contribution in [0.1, 0.15) is 23.7 Å². The van der Waals surface area contributed by atoms with E-state index in [4.69, 9.17) is 4.74 Å². The predicted octanol–water partition coefficient (Wildman–Crippen LogP) is 1.54. The summed E-state index contributed by atoms with van der Waals surface area (Å²) >= 11 is 0. The van der Waals surface area contributed by atoms with Gasteiger partial charge in [-0.25, -0.2) is 0 Å². The van der Waals surface area contributed by atoms with Gasteiger partial charge in [0.05, 0.1) is 7.11 Å². The Morgan fingerprint density at radius 1 is 1.56 bits per heavy atom. The van der Waals surface area contributed by atoms with E-state index in [2.05, 4.69) is 0 Å². The maximum atomic E-state index is 12.4. The van der Waals surface area contributed by atoms with Crippen molar-refractivity contribution in [3.05, 3.63) is 29.8 Å². The Kier molecular flexibility index (Phi) is 3.87. The normalized spacial score (nSPS) is 23.2. The summed E-state index contributed by atoms with van der Waals surface area (Å²) in [7, 11) is 1.59. The summed E-state index contributed by atoms with van der Waals surface area (Å²) in [6, 6.07) is 7.27. The van der Waals surface area contributed by atoms with Crippen LogP contribution in [0.5, 0.6) is 5.75 Å². The second kappa shape index (κ2) is 5.40. The molecule has 0 unspecified atom stereocenters. The Morgan fingerprint density at radius 3 is 2.94 bits per heavy atom. The van der Waals surface area contributed by atoms with Crippen LogP contribution >= 0.6 is 0 Å². The molecular formula is C14H19NO3. The molecule has 1 N–H and O–H groups in total. The van der Waals surface area contributed by atoms with Crippen molar-refractivity contribution in [2.45, 2.75) is 19.4 Å². The second-order valence-electron chi connectivity index (χ2n) is 4.70. The Labute approximate surface area is 107 Å². The van der Waals surface area contributed by atoms with E-state index in [1.165, 1.54) is 0 Å². The van der Waals surface area contributed by atoms with Crippen LogP contribution in [-0.4, -0.2) is 42.2 Å². The maximum absolute atomic E-state index is 12.4. The van der Waals surface area contributed by atoms with Crippen LogP contribution in [0.25, 0.3) is 0 Å². The van der Waals surface area contributed by atoms with Crippen molar-refractivity contribution in [1.82, 2.24) is 4.90 Å². The number of carbonyl (C=O) groups is 1. The molecule has 0 saturated carbocycles. The molecule has 1 fully saturated rings. The monoisotopic (exact) mass is 249 g/mol. The molecule has 18 heavy (non-hydrogen) atoms. The van der Waals surface area contributed by atoms with E-state index in [0.29, 0.717) is 17.9 Å². The van der Waals surface area contributed by atoms with Crippen LogP contribution in [0.15, 0.2) is 24.3 Å². The molecule has 1 amide bonds. The number of aliphatic hydroxyl groups is 1. The highest BCUT2D eigenvalue weighted by atomic mass is 16.5. The number of amides is 1. The van der Waals surface area contributed by atoms with Crippen molar-refractivity contribution in [2.24, 2.45) is 5.92 Å². The minimum absolute atomic E-state index is 0.0114. The van der Waals surface area contributed by atoms with Gasteiger partial charge in [0.2, 0.25) is 0 Å². The molecule has 2 rings (SSSR count). The zero-order valence-electron chi connectivity index (χ0n) is 10.8. The minimum atomic E-state index is 0.0114. The topological polar surface area (TPSA) is 49.8 Å². The fourth-order valence-electron chi connectivity index (χ4n) is 2.46. The Bertz CT molecular complexity index is 433. The SMILES string of the molecule is COc1cccc(C(=O)N2CC[C@@H](CO)[C@@H]2C)c1. The Hall–Kier alpha value is -1.55. The number of benzene rings is 1. The molecule has 1 aromatic rings. The first-order chi connectivity index (χ1) is 8.67. The van der Waals surface area contributed by atoms with Crippen LogP contribution in [-0.2, 0) is 0 Å². The molecule has 1 saturated heterocycles. The fraction of sp³-hybridized carbons (Fsp3) is 0.500. The van der Waals surface area contributed by atoms with Crippen molar-refractivity contribution < 1.29 is 14.6 Å².